The van der Waals surface area contributed by atoms with Gasteiger partial charge in [-0.05, 0) is 34.5 Å². The highest BCUT2D eigenvalue weighted by molar-refractivity contribution is 7.19. The third kappa shape index (κ3) is 3.02. The van der Waals surface area contributed by atoms with Gasteiger partial charge in [-0.15, -0.1) is 11.3 Å². The zero-order valence-corrected chi connectivity index (χ0v) is 16.9. The molecule has 5 heteroatoms. The molecule has 0 aliphatic carbocycles. The Bertz CT molecular complexity index is 1280. The molecule has 5 aromatic rings. The summed E-state index contributed by atoms with van der Waals surface area (Å²) in [4.78, 5) is 9.92. The lowest BCUT2D eigenvalue weighted by Crippen LogP contribution is -1.82. The molecule has 0 aliphatic heterocycles. The summed E-state index contributed by atoms with van der Waals surface area (Å²) in [6.07, 6.45) is 3.60. The molecule has 2 nitrogen and oxygen atoms in total. The molecule has 0 atom stereocenters. The van der Waals surface area contributed by atoms with E-state index in [9.17, 15) is 0 Å². The van der Waals surface area contributed by atoms with Gasteiger partial charge in [-0.2, -0.15) is 0 Å². The van der Waals surface area contributed by atoms with Crippen molar-refractivity contribution in [1.82, 2.24) is 9.97 Å². The first-order valence-electron chi connectivity index (χ1n) is 8.78. The van der Waals surface area contributed by atoms with Crippen LogP contribution in [0.4, 0.5) is 0 Å². The van der Waals surface area contributed by atoms with Crippen LogP contribution in [0.3, 0.4) is 0 Å². The number of benzene rings is 3. The Labute approximate surface area is 176 Å². The van der Waals surface area contributed by atoms with Gasteiger partial charge < -0.3 is 4.98 Å². The monoisotopic (exact) mass is 420 g/mol. The fraction of sp³-hybridized carbons (Fsp3) is 0. The lowest BCUT2D eigenvalue weighted by Gasteiger charge is -2.05. The van der Waals surface area contributed by atoms with Gasteiger partial charge in [-0.1, -0.05) is 71.7 Å². The van der Waals surface area contributed by atoms with Gasteiger partial charge >= 0.3 is 0 Å². The molecule has 0 radical (unpaired) electrons. The summed E-state index contributed by atoms with van der Waals surface area (Å²) in [5.74, 6) is 0.831. The fourth-order valence-corrected chi connectivity index (χ4v) is 5.12. The van der Waals surface area contributed by atoms with E-state index in [2.05, 4.69) is 58.5 Å². The van der Waals surface area contributed by atoms with Crippen molar-refractivity contribution in [2.24, 2.45) is 0 Å². The number of imidazole rings is 1. The third-order valence-electron chi connectivity index (χ3n) is 4.72. The lowest BCUT2D eigenvalue weighted by molar-refractivity contribution is 1.33. The quantitative estimate of drug-likeness (QED) is 0.315. The Balaban J connectivity index is 1.77. The summed E-state index contributed by atoms with van der Waals surface area (Å²) in [6.45, 7) is 0. The number of nitrogens with zero attached hydrogens (tertiary/aromatic N) is 1. The van der Waals surface area contributed by atoms with E-state index in [1.165, 1.54) is 21.2 Å². The maximum absolute atomic E-state index is 6.54. The van der Waals surface area contributed by atoms with E-state index in [1.54, 1.807) is 23.6 Å². The summed E-state index contributed by atoms with van der Waals surface area (Å²) < 4.78 is 0. The summed E-state index contributed by atoms with van der Waals surface area (Å²) >= 11 is 14.4. The van der Waals surface area contributed by atoms with Crippen LogP contribution in [0.1, 0.15) is 0 Å². The number of halogens is 2. The zero-order valence-electron chi connectivity index (χ0n) is 14.6. The molecular weight excluding hydrogens is 407 g/mol. The van der Waals surface area contributed by atoms with Crippen LogP contribution < -0.4 is 0 Å². The van der Waals surface area contributed by atoms with E-state index in [0.29, 0.717) is 10.0 Å². The second-order valence-corrected chi connectivity index (χ2v) is 8.34. The minimum atomic E-state index is 0.623. The molecule has 0 aliphatic rings. The van der Waals surface area contributed by atoms with Crippen molar-refractivity contribution in [3.8, 4) is 32.3 Å². The molecule has 0 spiro atoms. The molecule has 0 saturated heterocycles. The molecule has 3 aromatic carbocycles. The van der Waals surface area contributed by atoms with Crippen LogP contribution >= 0.6 is 34.5 Å². The van der Waals surface area contributed by atoms with Gasteiger partial charge in [0.1, 0.15) is 5.82 Å². The van der Waals surface area contributed by atoms with Crippen LogP contribution in [-0.4, -0.2) is 9.97 Å². The zero-order chi connectivity index (χ0) is 19.1. The predicted molar refractivity (Wildman–Crippen MR) is 120 cm³/mol. The van der Waals surface area contributed by atoms with E-state index >= 15 is 0 Å². The minimum absolute atomic E-state index is 0.623. The molecule has 1 N–H and O–H groups in total. The standard InChI is InChI=1S/C23H14Cl2N2S/c24-15-8-9-17(20(25)12-15)19-13-21(28-22(19)23-26-10-11-27-23)18-7-3-5-14-4-1-2-6-16(14)18/h1-13H,(H,26,27). The Kier molecular flexibility index (Phi) is 4.44. The van der Waals surface area contributed by atoms with Crippen molar-refractivity contribution < 1.29 is 0 Å². The number of aromatic nitrogens is 2. The maximum atomic E-state index is 6.54. The number of hydrogen-bond donors (Lipinski definition) is 1. The molecule has 5 rings (SSSR count). The smallest absolute Gasteiger partial charge is 0.148 e. The largest absolute Gasteiger partial charge is 0.344 e. The number of H-pyrrole nitrogens is 1. The maximum Gasteiger partial charge on any atom is 0.148 e. The minimum Gasteiger partial charge on any atom is -0.344 e. The molecule has 136 valence electrons. The Hall–Kier alpha value is -2.59. The molecule has 0 saturated carbocycles. The molecule has 0 unspecified atom stereocenters. The van der Waals surface area contributed by atoms with Gasteiger partial charge in [0.15, 0.2) is 0 Å². The number of aromatic amines is 1. The Morgan fingerprint density at radius 2 is 1.68 bits per heavy atom. The van der Waals surface area contributed by atoms with Crippen LogP contribution in [0.25, 0.3) is 43.0 Å². The lowest BCUT2D eigenvalue weighted by atomic mass is 10.0. The van der Waals surface area contributed by atoms with E-state index in [-0.39, 0.29) is 0 Å². The summed E-state index contributed by atoms with van der Waals surface area (Å²) in [5, 5.41) is 3.70. The molecule has 0 fully saturated rings. The normalized spacial score (nSPS) is 11.2. The second kappa shape index (κ2) is 7.10. The highest BCUT2D eigenvalue weighted by atomic mass is 35.5. The first-order valence-corrected chi connectivity index (χ1v) is 10.3. The van der Waals surface area contributed by atoms with Crippen molar-refractivity contribution in [2.75, 3.05) is 0 Å². The molecular formula is C23H14Cl2N2S. The van der Waals surface area contributed by atoms with Gasteiger partial charge in [0.2, 0.25) is 0 Å². The first kappa shape index (κ1) is 17.5. The summed E-state index contributed by atoms with van der Waals surface area (Å²) in [6, 6.07) is 22.6. The SMILES string of the molecule is Clc1ccc(-c2cc(-c3cccc4ccccc34)sc2-c2ncc[nH]2)c(Cl)c1. The van der Waals surface area contributed by atoms with Gasteiger partial charge in [-0.25, -0.2) is 4.98 Å². The van der Waals surface area contributed by atoms with Gasteiger partial charge in [0, 0.05) is 38.4 Å². The van der Waals surface area contributed by atoms with Crippen LogP contribution in [0.15, 0.2) is 79.1 Å². The first-order chi connectivity index (χ1) is 13.7. The second-order valence-electron chi connectivity index (χ2n) is 6.44. The highest BCUT2D eigenvalue weighted by Gasteiger charge is 2.18. The Morgan fingerprint density at radius 3 is 2.50 bits per heavy atom. The van der Waals surface area contributed by atoms with Crippen molar-refractivity contribution in [3.63, 3.8) is 0 Å². The van der Waals surface area contributed by atoms with Crippen molar-refractivity contribution in [2.45, 2.75) is 0 Å². The van der Waals surface area contributed by atoms with Crippen LogP contribution in [0.5, 0.6) is 0 Å². The third-order valence-corrected chi connectivity index (χ3v) is 6.44. The van der Waals surface area contributed by atoms with E-state index in [1.807, 2.05) is 18.3 Å². The molecule has 28 heavy (non-hydrogen) atoms. The summed E-state index contributed by atoms with van der Waals surface area (Å²) in [7, 11) is 0. The predicted octanol–water partition coefficient (Wildman–Crippen LogP) is 7.93. The van der Waals surface area contributed by atoms with Gasteiger partial charge in [-0.3, -0.25) is 0 Å². The number of hydrogen-bond acceptors (Lipinski definition) is 2. The fourth-order valence-electron chi connectivity index (χ4n) is 3.44. The van der Waals surface area contributed by atoms with Crippen molar-refractivity contribution >= 4 is 45.3 Å². The molecule has 2 aromatic heterocycles. The van der Waals surface area contributed by atoms with Crippen molar-refractivity contribution in [3.05, 3.63) is 89.2 Å². The van der Waals surface area contributed by atoms with Crippen LogP contribution in [0, 0.1) is 0 Å². The molecule has 0 amide bonds. The van der Waals surface area contributed by atoms with Crippen LogP contribution in [0.2, 0.25) is 10.0 Å². The topological polar surface area (TPSA) is 28.7 Å². The molecule has 0 bridgehead atoms. The average molecular weight is 421 g/mol. The number of nitrogens with one attached hydrogen (secondary N) is 1. The highest BCUT2D eigenvalue weighted by Crippen LogP contribution is 2.45. The Morgan fingerprint density at radius 1 is 0.821 bits per heavy atom. The van der Waals surface area contributed by atoms with E-state index in [0.717, 1.165) is 21.8 Å². The van der Waals surface area contributed by atoms with E-state index < -0.39 is 0 Å². The van der Waals surface area contributed by atoms with Crippen LogP contribution in [-0.2, 0) is 0 Å². The average Bonchev–Trinajstić information content (AvgIpc) is 3.37. The summed E-state index contributed by atoms with van der Waals surface area (Å²) in [5.41, 5.74) is 3.19. The van der Waals surface area contributed by atoms with E-state index in [4.69, 9.17) is 23.2 Å². The van der Waals surface area contributed by atoms with Crippen molar-refractivity contribution in [1.29, 1.82) is 0 Å². The number of thiophene rings is 1. The number of rotatable bonds is 3. The van der Waals surface area contributed by atoms with Gasteiger partial charge in [0.05, 0.1) is 4.88 Å². The number of fused-ring (bicyclic) bond motifs is 1. The molecule has 2 heterocycles. The van der Waals surface area contributed by atoms with Gasteiger partial charge in [0.25, 0.3) is 0 Å².